The van der Waals surface area contributed by atoms with Crippen LogP contribution in [0, 0.1) is 18.0 Å². The molecule has 1 aromatic rings. The third-order valence-electron chi connectivity index (χ3n) is 3.48. The van der Waals surface area contributed by atoms with Gasteiger partial charge >= 0.3 is 0 Å². The molecule has 0 radical (unpaired) electrons. The van der Waals surface area contributed by atoms with Crippen LogP contribution in [0.1, 0.15) is 50.8 Å². The normalized spacial score (nSPS) is 11.8. The van der Waals surface area contributed by atoms with E-state index in [1.165, 1.54) is 22.3 Å². The summed E-state index contributed by atoms with van der Waals surface area (Å²) < 4.78 is 1.02. The monoisotopic (exact) mass is 287 g/mol. The molecule has 116 valence electrons. The van der Waals surface area contributed by atoms with Gasteiger partial charge in [-0.3, -0.25) is 0 Å². The Balaban J connectivity index is 2.56. The van der Waals surface area contributed by atoms with Crippen LogP contribution in [-0.2, 0) is 12.8 Å². The quantitative estimate of drug-likeness (QED) is 0.235. The van der Waals surface area contributed by atoms with Gasteiger partial charge in [-0.15, -0.1) is 0 Å². The van der Waals surface area contributed by atoms with Crippen LogP contribution >= 0.6 is 0 Å². The predicted octanol–water partition coefficient (Wildman–Crippen LogP) is 4.67. The molecule has 1 aromatic carbocycles. The van der Waals surface area contributed by atoms with Crippen LogP contribution in [0.5, 0.6) is 0 Å². The Kier molecular flexibility index (Phi) is 7.21. The molecule has 0 aliphatic carbocycles. The zero-order valence-electron chi connectivity index (χ0n) is 14.1. The van der Waals surface area contributed by atoms with Crippen LogP contribution in [0.25, 0.3) is 0 Å². The van der Waals surface area contributed by atoms with Gasteiger partial charge < -0.3 is 5.21 Å². The average Bonchev–Trinajstić information content (AvgIpc) is 2.38. The van der Waals surface area contributed by atoms with Crippen LogP contribution in [0.3, 0.4) is 0 Å². The average molecular weight is 287 g/mol. The van der Waals surface area contributed by atoms with Crippen LogP contribution in [-0.4, -0.2) is 17.5 Å². The molecule has 0 spiro atoms. The van der Waals surface area contributed by atoms with E-state index in [2.05, 4.69) is 39.0 Å². The fraction of sp³-hybridized carbons (Fsp3) is 0.526. The number of benzene rings is 1. The third kappa shape index (κ3) is 7.12. The molecule has 0 aliphatic heterocycles. The molecule has 0 aromatic heterocycles. The largest absolute Gasteiger partial charge is 0.624 e. The molecule has 0 aliphatic rings. The van der Waals surface area contributed by atoms with Crippen LogP contribution in [0.4, 0.5) is 0 Å². The molecule has 0 amide bonds. The lowest BCUT2D eigenvalue weighted by Gasteiger charge is -2.09. The van der Waals surface area contributed by atoms with Gasteiger partial charge in [0.1, 0.15) is 0 Å². The highest BCUT2D eigenvalue weighted by molar-refractivity contribution is 5.52. The van der Waals surface area contributed by atoms with E-state index in [1.54, 1.807) is 6.21 Å². The number of rotatable bonds is 7. The smallest absolute Gasteiger partial charge is 0.171 e. The molecule has 2 nitrogen and oxygen atoms in total. The highest BCUT2D eigenvalue weighted by atomic mass is 16.5. The van der Waals surface area contributed by atoms with E-state index in [-0.39, 0.29) is 0 Å². The molecule has 0 unspecified atom stereocenters. The molecule has 2 heteroatoms. The van der Waals surface area contributed by atoms with Gasteiger partial charge in [0.2, 0.25) is 0 Å². The number of hydroxylamine groups is 1. The number of nitrogens with zero attached hydrogens (tertiary/aromatic N) is 1. The Morgan fingerprint density at radius 2 is 2.00 bits per heavy atom. The fourth-order valence-electron chi connectivity index (χ4n) is 2.35. The lowest BCUT2D eigenvalue weighted by molar-refractivity contribution is -0.442. The molecule has 21 heavy (non-hydrogen) atoms. The molecule has 0 N–H and O–H groups in total. The summed E-state index contributed by atoms with van der Waals surface area (Å²) in [4.78, 5) is 0. The van der Waals surface area contributed by atoms with Gasteiger partial charge in [0.25, 0.3) is 0 Å². The van der Waals surface area contributed by atoms with Crippen molar-refractivity contribution in [3.8, 4) is 0 Å². The van der Waals surface area contributed by atoms with E-state index >= 15 is 0 Å². The number of allylic oxidation sites excluding steroid dienone is 1. The Bertz CT molecular complexity index is 508. The highest BCUT2D eigenvalue weighted by Crippen LogP contribution is 2.15. The first-order valence-corrected chi connectivity index (χ1v) is 7.87. The van der Waals surface area contributed by atoms with Crippen molar-refractivity contribution >= 4 is 6.21 Å². The van der Waals surface area contributed by atoms with Crippen LogP contribution in [0.15, 0.2) is 29.8 Å². The molecule has 0 saturated heterocycles. The van der Waals surface area contributed by atoms with Crippen molar-refractivity contribution < 1.29 is 4.74 Å². The van der Waals surface area contributed by atoms with Crippen molar-refractivity contribution in [2.75, 3.05) is 6.54 Å². The number of hydrogen-bond acceptors (Lipinski definition) is 1. The number of aryl methyl sites for hydroxylation is 2. The predicted molar refractivity (Wildman–Crippen MR) is 92.0 cm³/mol. The SMILES string of the molecule is CC(C)=CC/[N+]([O-])=C\CCc1ccc(CC(C)C)cc1C. The van der Waals surface area contributed by atoms with E-state index in [0.717, 1.165) is 24.0 Å². The summed E-state index contributed by atoms with van der Waals surface area (Å²) in [5, 5.41) is 11.6. The van der Waals surface area contributed by atoms with Crippen molar-refractivity contribution in [2.45, 2.75) is 53.9 Å². The van der Waals surface area contributed by atoms with E-state index in [0.29, 0.717) is 12.5 Å². The van der Waals surface area contributed by atoms with Crippen molar-refractivity contribution in [2.24, 2.45) is 5.92 Å². The minimum absolute atomic E-state index is 0.453. The van der Waals surface area contributed by atoms with Gasteiger partial charge in [0.15, 0.2) is 12.8 Å². The Hall–Kier alpha value is -1.57. The van der Waals surface area contributed by atoms with Crippen molar-refractivity contribution in [1.29, 1.82) is 0 Å². The maximum absolute atomic E-state index is 11.6. The minimum Gasteiger partial charge on any atom is -0.624 e. The molecule has 0 fully saturated rings. The first-order chi connectivity index (χ1) is 9.88. The Morgan fingerprint density at radius 1 is 1.29 bits per heavy atom. The van der Waals surface area contributed by atoms with Gasteiger partial charge in [-0.05, 0) is 62.3 Å². The molecule has 0 bridgehead atoms. The van der Waals surface area contributed by atoms with Gasteiger partial charge in [-0.2, -0.15) is 0 Å². The summed E-state index contributed by atoms with van der Waals surface area (Å²) >= 11 is 0. The second kappa shape index (κ2) is 8.66. The second-order valence-electron chi connectivity index (χ2n) is 6.46. The van der Waals surface area contributed by atoms with E-state index in [9.17, 15) is 5.21 Å². The first-order valence-electron chi connectivity index (χ1n) is 7.87. The number of hydrogen-bond donors (Lipinski definition) is 0. The summed E-state index contributed by atoms with van der Waals surface area (Å²) in [5.41, 5.74) is 5.27. The van der Waals surface area contributed by atoms with Gasteiger partial charge in [-0.1, -0.05) is 37.6 Å². The minimum atomic E-state index is 0.453. The molecule has 1 rings (SSSR count). The Labute approximate surface area is 129 Å². The zero-order valence-corrected chi connectivity index (χ0v) is 14.1. The standard InChI is InChI=1S/C19H29NO/c1-15(2)10-12-20(21)11-6-7-19-9-8-18(13-16(3)4)14-17(19)5/h8-11,14,16H,6-7,12-13H2,1-5H3/b20-11+. The fourth-order valence-corrected chi connectivity index (χ4v) is 2.35. The van der Waals surface area contributed by atoms with Gasteiger partial charge in [0.05, 0.1) is 0 Å². The van der Waals surface area contributed by atoms with Crippen LogP contribution < -0.4 is 0 Å². The maximum Gasteiger partial charge on any atom is 0.171 e. The second-order valence-corrected chi connectivity index (χ2v) is 6.46. The van der Waals surface area contributed by atoms with Crippen molar-refractivity contribution in [3.05, 3.63) is 51.7 Å². The molecular formula is C19H29NO. The summed E-state index contributed by atoms with van der Waals surface area (Å²) in [6.07, 6.45) is 6.56. The summed E-state index contributed by atoms with van der Waals surface area (Å²) in [5.74, 6) is 0.688. The molecule has 0 saturated carbocycles. The maximum atomic E-state index is 11.6. The summed E-state index contributed by atoms with van der Waals surface area (Å²) in [7, 11) is 0. The van der Waals surface area contributed by atoms with Crippen LogP contribution in [0.2, 0.25) is 0 Å². The molecular weight excluding hydrogens is 258 g/mol. The third-order valence-corrected chi connectivity index (χ3v) is 3.48. The van der Waals surface area contributed by atoms with Crippen molar-refractivity contribution in [3.63, 3.8) is 0 Å². The molecule has 0 atom stereocenters. The zero-order chi connectivity index (χ0) is 15.8. The Morgan fingerprint density at radius 3 is 2.57 bits per heavy atom. The highest BCUT2D eigenvalue weighted by Gasteiger charge is 2.03. The van der Waals surface area contributed by atoms with Gasteiger partial charge in [-0.25, -0.2) is 4.74 Å². The lowest BCUT2D eigenvalue weighted by atomic mass is 9.97. The van der Waals surface area contributed by atoms with E-state index < -0.39 is 0 Å². The van der Waals surface area contributed by atoms with E-state index in [1.807, 2.05) is 19.9 Å². The van der Waals surface area contributed by atoms with Gasteiger partial charge in [0, 0.05) is 6.42 Å². The summed E-state index contributed by atoms with van der Waals surface area (Å²) in [6, 6.07) is 6.72. The molecule has 0 heterocycles. The summed E-state index contributed by atoms with van der Waals surface area (Å²) in [6.45, 7) is 11.1. The topological polar surface area (TPSA) is 26.1 Å². The van der Waals surface area contributed by atoms with Crippen molar-refractivity contribution in [1.82, 2.24) is 0 Å². The first kappa shape index (κ1) is 17.5. The lowest BCUT2D eigenvalue weighted by Crippen LogP contribution is -2.06. The van der Waals surface area contributed by atoms with E-state index in [4.69, 9.17) is 0 Å².